The van der Waals surface area contributed by atoms with Crippen molar-refractivity contribution in [1.82, 2.24) is 19.6 Å². The maximum Gasteiger partial charge on any atom is 0.110 e. The second-order valence-electron chi connectivity index (χ2n) is 42.5. The number of nitrogens with zero attached hydrogens (tertiary/aromatic N) is 8. The van der Waals surface area contributed by atoms with Gasteiger partial charge < -0.3 is 39.2 Å². The van der Waals surface area contributed by atoms with Crippen LogP contribution in [0.15, 0.2) is 222 Å². The Labute approximate surface area is 746 Å². The number of aryl methyl sites for hydroxylation is 4. The molecule has 8 nitrogen and oxygen atoms in total. The summed E-state index contributed by atoms with van der Waals surface area (Å²) in [6, 6.07) is 47.0. The Morgan fingerprint density at radius 2 is 0.520 bits per heavy atom. The van der Waals surface area contributed by atoms with E-state index in [1.165, 1.54) is 361 Å². The molecule has 0 spiro atoms. The highest BCUT2D eigenvalue weighted by Gasteiger charge is 2.63. The van der Waals surface area contributed by atoms with Crippen molar-refractivity contribution in [2.45, 2.75) is 379 Å². The fraction of sp³-hybridized carbons (Fsp3) is 0.600. The van der Waals surface area contributed by atoms with Crippen LogP contribution in [0, 0.1) is 86.9 Å². The molecule has 5 aromatic rings. The van der Waals surface area contributed by atoms with Gasteiger partial charge in [-0.25, -0.2) is 0 Å². The number of anilines is 4. The van der Waals surface area contributed by atoms with Gasteiger partial charge in [0.2, 0.25) is 0 Å². The van der Waals surface area contributed by atoms with Gasteiger partial charge in [0, 0.05) is 45.5 Å². The molecule has 7 unspecified atom stereocenters. The first kappa shape index (κ1) is 82.4. The Morgan fingerprint density at radius 1 is 0.252 bits per heavy atom. The highest BCUT2D eigenvalue weighted by atomic mass is 15.5. The van der Waals surface area contributed by atoms with E-state index in [1.54, 1.807) is 11.4 Å². The van der Waals surface area contributed by atoms with Gasteiger partial charge in [-0.1, -0.05) is 275 Å². The highest BCUT2D eigenvalue weighted by Crippen LogP contribution is 2.63. The Hall–Kier alpha value is -7.58. The van der Waals surface area contributed by atoms with Gasteiger partial charge in [0.15, 0.2) is 0 Å². The van der Waals surface area contributed by atoms with E-state index >= 15 is 0 Å². The molecule has 10 saturated carbocycles. The first-order valence-corrected chi connectivity index (χ1v) is 51.5. The van der Waals surface area contributed by atoms with Crippen molar-refractivity contribution in [3.63, 3.8) is 0 Å². The van der Waals surface area contributed by atoms with Crippen LogP contribution in [0.25, 0.3) is 0 Å². The fourth-order valence-corrected chi connectivity index (χ4v) is 30.4. The molecule has 8 heteroatoms. The van der Waals surface area contributed by atoms with E-state index in [2.05, 4.69) is 271 Å². The van der Waals surface area contributed by atoms with Crippen LogP contribution < -0.4 is 19.6 Å². The maximum atomic E-state index is 9.67. The Balaban J connectivity index is 0.000000105. The molecule has 8 aliphatic heterocycles. The van der Waals surface area contributed by atoms with Gasteiger partial charge in [0.25, 0.3) is 0 Å². The van der Waals surface area contributed by atoms with E-state index in [4.69, 9.17) is 0 Å². The highest BCUT2D eigenvalue weighted by molar-refractivity contribution is 5.68. The predicted octanol–water partition coefficient (Wildman–Crippen LogP) is 29.8. The van der Waals surface area contributed by atoms with Crippen molar-refractivity contribution in [2.75, 3.05) is 19.6 Å². The Kier molecular flexibility index (Phi) is 24.1. The Bertz CT molecular complexity index is 4820. The van der Waals surface area contributed by atoms with E-state index in [0.29, 0.717) is 48.3 Å². The standard InChI is InChI=1S/C31H38N2.C30H42N2.C29H40N2.C25H34N2/c1-23-13-9-12-20-28(23)32-24(2)29-21-22-31(26-16-5-3-6-17-26,27-18-7-4-8-19-27)33(29)30(32)25-14-10-11-15-25;1-22-12-6-11-19-27(22)31-23(2)28-20-21-30(26-17-9-10-18-26,25-15-4-3-5-16-25)32(28)29(31)24-13-7-8-14-24;1-21-11-3-10-18-26(21)30-22(2)27-19-20-29(24-14-6-7-15-24,25-16-8-9-17-25)31(27)28(30)23-12-4-5-13-23;1-18-10-6-9-15-22(18)26-19(2)23-16-17-24(20-11-4-3-5-12-20)27(23)25(26)21-13-7-8-14-21/h3,5-6,9,12-13,16-17,20-22,25,27,30H,4,7-8,10-11,14-15,18-19H2,1-2H3;6,11-12,19-21,24-26,29H,3-5,7-10,13-18H2,1-2H3;3,10-11,18-20,23-25,28H,4-9,12-17H2,1-2H3;6,9-10,15-17,20-21,24-25H,3-5,7-8,11-14H2,1-2H3/i;;;24D. The quantitative estimate of drug-likeness (QED) is 0.102. The number of fused-ring (bicyclic) bond motifs is 4. The molecule has 0 aromatic heterocycles. The summed E-state index contributed by atoms with van der Waals surface area (Å²) in [7, 11) is 0. The number of hydrogen-bond donors (Lipinski definition) is 0. The number of allylic oxidation sites excluding steroid dienone is 8. The monoisotopic (exact) mass is 1650 g/mol. The molecule has 0 bridgehead atoms. The molecule has 23 rings (SSSR count). The molecule has 654 valence electrons. The molecule has 18 aliphatic rings. The molecular weight excluding hydrogens is 1490 g/mol. The Morgan fingerprint density at radius 3 is 0.886 bits per heavy atom. The molecule has 123 heavy (non-hydrogen) atoms. The molecule has 8 heterocycles. The van der Waals surface area contributed by atoms with Gasteiger partial charge in [-0.3, -0.25) is 0 Å². The minimum atomic E-state index is -0.568. The molecule has 0 N–H and O–H groups in total. The van der Waals surface area contributed by atoms with Gasteiger partial charge in [-0.05, 0) is 319 Å². The van der Waals surface area contributed by atoms with Gasteiger partial charge in [0.1, 0.15) is 24.7 Å². The lowest BCUT2D eigenvalue weighted by Crippen LogP contribution is -2.60. The summed E-state index contributed by atoms with van der Waals surface area (Å²) in [5.74, 6) is 7.44. The van der Waals surface area contributed by atoms with Gasteiger partial charge in [-0.2, -0.15) is 0 Å². The van der Waals surface area contributed by atoms with Crippen molar-refractivity contribution in [3.05, 3.63) is 249 Å². The third kappa shape index (κ3) is 14.6. The van der Waals surface area contributed by atoms with Gasteiger partial charge >= 0.3 is 0 Å². The van der Waals surface area contributed by atoms with E-state index in [9.17, 15) is 1.37 Å². The maximum absolute atomic E-state index is 9.67. The second kappa shape index (κ2) is 35.9. The fourth-order valence-electron chi connectivity index (χ4n) is 30.4. The summed E-state index contributed by atoms with van der Waals surface area (Å²) in [5.41, 5.74) is 24.8. The minimum Gasteiger partial charge on any atom is -0.342 e. The zero-order valence-electron chi connectivity index (χ0n) is 78.3. The van der Waals surface area contributed by atoms with E-state index in [1.807, 2.05) is 0 Å². The summed E-state index contributed by atoms with van der Waals surface area (Å²) in [6.45, 7) is 18.6. The summed E-state index contributed by atoms with van der Waals surface area (Å²) >= 11 is 0. The lowest BCUT2D eigenvalue weighted by atomic mass is 9.66. The molecular formula is C115H154N8. The van der Waals surface area contributed by atoms with Crippen LogP contribution in [-0.2, 0) is 5.54 Å². The third-order valence-corrected chi connectivity index (χ3v) is 36.1. The van der Waals surface area contributed by atoms with E-state index in [-0.39, 0.29) is 16.6 Å². The van der Waals surface area contributed by atoms with Crippen LogP contribution in [0.4, 0.5) is 22.7 Å². The molecule has 7 atom stereocenters. The number of rotatable bonds is 15. The van der Waals surface area contributed by atoms with Crippen LogP contribution in [0.3, 0.4) is 0 Å². The van der Waals surface area contributed by atoms with Crippen molar-refractivity contribution in [1.29, 1.82) is 0 Å². The molecule has 10 fully saturated rings. The van der Waals surface area contributed by atoms with E-state index in [0.717, 1.165) is 35.5 Å². The van der Waals surface area contributed by atoms with Crippen LogP contribution in [0.2, 0.25) is 0 Å². The minimum absolute atomic E-state index is 0.0248. The smallest absolute Gasteiger partial charge is 0.110 e. The van der Waals surface area contributed by atoms with Crippen LogP contribution >= 0.6 is 0 Å². The van der Waals surface area contributed by atoms with Crippen molar-refractivity contribution in [3.8, 4) is 0 Å². The lowest BCUT2D eigenvalue weighted by molar-refractivity contribution is 0.00784. The first-order chi connectivity index (χ1) is 60.8. The zero-order chi connectivity index (χ0) is 84.4. The molecule has 10 aliphatic carbocycles. The predicted molar refractivity (Wildman–Crippen MR) is 515 cm³/mol. The zero-order valence-corrected chi connectivity index (χ0v) is 77.3. The van der Waals surface area contributed by atoms with Gasteiger partial charge in [0.05, 0.1) is 46.8 Å². The van der Waals surface area contributed by atoms with Crippen LogP contribution in [-0.4, -0.2) is 61.4 Å². The normalized spacial score (nSPS) is 30.4. The number of benzene rings is 5. The first-order valence-electron chi connectivity index (χ1n) is 52.0. The summed E-state index contributed by atoms with van der Waals surface area (Å²) < 4.78 is 9.67. The van der Waals surface area contributed by atoms with Gasteiger partial charge in [-0.15, -0.1) is 0 Å². The van der Waals surface area contributed by atoms with Crippen LogP contribution in [0.1, 0.15) is 333 Å². The topological polar surface area (TPSA) is 25.9 Å². The SMILES string of the molecule is CC1=C2C=CC(C3CCCC3)(C3CCCC3)N2C(C2CCCC2)N1c1ccccc1C.CC1=C2C=CC(C3CCCCC3)(C3CCCC3)N2C(C2CCCC2)N1c1ccccc1C.CC1=C2C=CC(c3ccccc3)(C3CCCCC3)N2C(C2CCCC2)N1c1ccccc1C.[2H]C1(C2CCCCC2)C=CC2=C(C)N(c3ccccc3C)C(C3CCCC3)N21. The molecule has 0 radical (unpaired) electrons. The lowest BCUT2D eigenvalue weighted by Gasteiger charge is -2.54. The summed E-state index contributed by atoms with van der Waals surface area (Å²) in [6.07, 6.45) is 81.5. The number of hydrogen-bond acceptors (Lipinski definition) is 8. The van der Waals surface area contributed by atoms with Crippen molar-refractivity contribution >= 4 is 22.7 Å². The summed E-state index contributed by atoms with van der Waals surface area (Å²) in [5, 5.41) is 0. The largest absolute Gasteiger partial charge is 0.342 e. The third-order valence-electron chi connectivity index (χ3n) is 36.1. The average molecular weight is 1650 g/mol. The van der Waals surface area contributed by atoms with Crippen molar-refractivity contribution < 1.29 is 1.37 Å². The average Bonchev–Trinajstić information content (AvgIpc) is 1.55. The summed E-state index contributed by atoms with van der Waals surface area (Å²) in [4.78, 5) is 22.4. The number of para-hydroxylation sites is 4. The van der Waals surface area contributed by atoms with Crippen LogP contribution in [0.5, 0.6) is 0 Å². The van der Waals surface area contributed by atoms with E-state index < -0.39 is 6.02 Å². The van der Waals surface area contributed by atoms with Crippen molar-refractivity contribution in [2.24, 2.45) is 59.2 Å². The molecule has 0 amide bonds. The molecule has 0 saturated heterocycles. The molecule has 5 aromatic carbocycles. The second-order valence-corrected chi connectivity index (χ2v) is 42.5.